The van der Waals surface area contributed by atoms with Gasteiger partial charge < -0.3 is 113 Å². The Morgan fingerprint density at radius 1 is 0.527 bits per heavy atom. The van der Waals surface area contributed by atoms with Gasteiger partial charge >= 0.3 is 11.9 Å². The third-order valence-corrected chi connectivity index (χ3v) is 21.7. The molecule has 25 nitrogen and oxygen atoms in total. The summed E-state index contributed by atoms with van der Waals surface area (Å²) in [5, 5.41) is 115. The average molecular weight is 1340 g/mol. The Morgan fingerprint density at radius 2 is 0.903 bits per heavy atom. The molecule has 0 radical (unpaired) electrons. The molecule has 0 aliphatic carbocycles. The molecule has 5 aliphatic heterocycles. The van der Waals surface area contributed by atoms with Gasteiger partial charge in [0.25, 0.3) is 0 Å². The molecule has 93 heavy (non-hydrogen) atoms. The van der Waals surface area contributed by atoms with Crippen molar-refractivity contribution in [1.29, 1.82) is 0 Å². The minimum atomic E-state index is -1.80. The van der Waals surface area contributed by atoms with Gasteiger partial charge in [-0.3, -0.25) is 9.59 Å². The van der Waals surface area contributed by atoms with Crippen LogP contribution >= 0.6 is 0 Å². The van der Waals surface area contributed by atoms with Crippen LogP contribution in [0.4, 0.5) is 0 Å². The van der Waals surface area contributed by atoms with Gasteiger partial charge in [0.1, 0.15) is 53.9 Å². The number of carbonyl (C=O) groups is 2. The van der Waals surface area contributed by atoms with E-state index >= 15 is 0 Å². The summed E-state index contributed by atoms with van der Waals surface area (Å²) < 4.78 is 55.6. The molecule has 0 spiro atoms. The molecule has 5 rings (SSSR count). The first-order valence-corrected chi connectivity index (χ1v) is 34.3. The number of methoxy groups -OCH3 is 1. The second-order valence-corrected chi connectivity index (χ2v) is 30.8. The van der Waals surface area contributed by atoms with Crippen molar-refractivity contribution in [3.8, 4) is 0 Å². The van der Waals surface area contributed by atoms with E-state index in [0.29, 0.717) is 25.9 Å². The molecule has 0 unspecified atom stereocenters. The molecule has 0 aromatic carbocycles. The summed E-state index contributed by atoms with van der Waals surface area (Å²) in [6.45, 7) is 32.3. The zero-order valence-corrected chi connectivity index (χ0v) is 61.2. The van der Waals surface area contributed by atoms with Gasteiger partial charge in [-0.2, -0.15) is 0 Å². The highest BCUT2D eigenvalue weighted by atomic mass is 16.7. The van der Waals surface area contributed by atoms with Crippen molar-refractivity contribution in [3.63, 3.8) is 0 Å². The van der Waals surface area contributed by atoms with Crippen LogP contribution in [0.5, 0.6) is 0 Å². The quantitative estimate of drug-likeness (QED) is 0.133. The molecule has 0 aromatic heterocycles. The maximum absolute atomic E-state index is 14.2. The van der Waals surface area contributed by atoms with Gasteiger partial charge in [-0.25, -0.2) is 0 Å². The Hall–Kier alpha value is -1.90. The molecular weight excluding hydrogens is 1210 g/mol. The summed E-state index contributed by atoms with van der Waals surface area (Å²) in [4.78, 5) is 35.1. The lowest BCUT2D eigenvalue weighted by Crippen LogP contribution is -2.60. The molecule has 5 aliphatic rings. The third kappa shape index (κ3) is 20.2. The average Bonchev–Trinajstić information content (AvgIpc) is 1.57. The second kappa shape index (κ2) is 34.0. The predicted molar refractivity (Wildman–Crippen MR) is 349 cm³/mol. The molecule has 0 amide bonds. The van der Waals surface area contributed by atoms with E-state index in [2.05, 4.69) is 0 Å². The van der Waals surface area contributed by atoms with E-state index in [4.69, 9.17) is 42.6 Å². The maximum atomic E-state index is 14.2. The lowest BCUT2D eigenvalue weighted by Gasteiger charge is -2.48. The monoisotopic (exact) mass is 1340 g/mol. The van der Waals surface area contributed by atoms with Crippen LogP contribution in [0.15, 0.2) is 0 Å². The van der Waals surface area contributed by atoms with Crippen LogP contribution in [0.3, 0.4) is 0 Å². The largest absolute Gasteiger partial charge is 0.459 e. The molecule has 5 fully saturated rings. The summed E-state index contributed by atoms with van der Waals surface area (Å²) in [7, 11) is 12.7. The van der Waals surface area contributed by atoms with Gasteiger partial charge in [-0.1, -0.05) is 41.5 Å². The number of carbonyl (C=O) groups excluding carboxylic acids is 2. The highest BCUT2D eigenvalue weighted by Crippen LogP contribution is 2.42. The Kier molecular flexibility index (Phi) is 30.5. The van der Waals surface area contributed by atoms with Crippen molar-refractivity contribution in [1.82, 2.24) is 19.6 Å². The Labute approximate surface area is 556 Å². The fourth-order valence-electron chi connectivity index (χ4n) is 15.5. The molecular formula is C68H130N4O21. The summed E-state index contributed by atoms with van der Waals surface area (Å²) in [5.41, 5.74) is -7.62. The molecule has 25 heteroatoms. The number of esters is 2. The van der Waals surface area contributed by atoms with Crippen LogP contribution in [-0.2, 0) is 52.2 Å². The van der Waals surface area contributed by atoms with E-state index in [1.54, 1.807) is 69.2 Å². The molecule has 0 bridgehead atoms. The van der Waals surface area contributed by atoms with Crippen molar-refractivity contribution < 1.29 is 103 Å². The van der Waals surface area contributed by atoms with E-state index < -0.39 is 168 Å². The number of rotatable bonds is 11. The van der Waals surface area contributed by atoms with Gasteiger partial charge in [-0.05, 0) is 176 Å². The van der Waals surface area contributed by atoms with Crippen LogP contribution in [-0.4, -0.2) is 302 Å². The van der Waals surface area contributed by atoms with Crippen molar-refractivity contribution in [2.24, 2.45) is 35.5 Å². The molecule has 5 saturated heterocycles. The van der Waals surface area contributed by atoms with Crippen molar-refractivity contribution in [2.75, 3.05) is 62.5 Å². The van der Waals surface area contributed by atoms with Gasteiger partial charge in [0.05, 0.1) is 71.4 Å². The van der Waals surface area contributed by atoms with Crippen molar-refractivity contribution in [2.45, 2.75) is 326 Å². The Morgan fingerprint density at radius 3 is 1.27 bits per heavy atom. The highest BCUT2D eigenvalue weighted by molar-refractivity contribution is 5.73. The van der Waals surface area contributed by atoms with Crippen LogP contribution in [0.25, 0.3) is 0 Å². The zero-order valence-electron chi connectivity index (χ0n) is 61.2. The molecule has 0 aromatic rings. The van der Waals surface area contributed by atoms with Crippen LogP contribution in [0.1, 0.15) is 170 Å². The van der Waals surface area contributed by atoms with E-state index in [-0.39, 0.29) is 68.2 Å². The minimum Gasteiger partial charge on any atom is -0.459 e. The van der Waals surface area contributed by atoms with Crippen LogP contribution in [0.2, 0.25) is 0 Å². The van der Waals surface area contributed by atoms with Gasteiger partial charge in [0.15, 0.2) is 18.9 Å². The zero-order chi connectivity index (χ0) is 71.3. The molecule has 548 valence electrons. The van der Waals surface area contributed by atoms with E-state index in [1.165, 1.54) is 27.9 Å². The fraction of sp³-hybridized carbons (Fsp3) is 0.971. The lowest BCUT2D eigenvalue weighted by molar-refractivity contribution is -0.318. The van der Waals surface area contributed by atoms with Gasteiger partial charge in [0.2, 0.25) is 0 Å². The van der Waals surface area contributed by atoms with E-state index in [1.807, 2.05) is 96.5 Å². The number of hydrogen-bond donors (Lipinski definition) is 10. The van der Waals surface area contributed by atoms with Crippen molar-refractivity contribution >= 4 is 11.9 Å². The molecule has 5 heterocycles. The number of cyclic esters (lactones) is 2. The first kappa shape index (κ1) is 83.5. The number of hydrogen-bond acceptors (Lipinski definition) is 25. The Bertz CT molecular complexity index is 2290. The third-order valence-electron chi connectivity index (χ3n) is 21.7. The van der Waals surface area contributed by atoms with Gasteiger partial charge in [-0.15, -0.1) is 0 Å². The fourth-order valence-corrected chi connectivity index (χ4v) is 15.5. The van der Waals surface area contributed by atoms with Crippen LogP contribution < -0.4 is 0 Å². The Balaban J connectivity index is 0.000000408. The predicted octanol–water partition coefficient (Wildman–Crippen LogP) is 2.88. The number of nitrogens with zero attached hydrogens (tertiary/aromatic N) is 4. The summed E-state index contributed by atoms with van der Waals surface area (Å²) >= 11 is 0. The highest BCUT2D eigenvalue weighted by Gasteiger charge is 2.55. The van der Waals surface area contributed by atoms with E-state index in [9.17, 15) is 60.7 Å². The standard InChI is InChI=1S/C38H72N2O12.C30H58N2O9/c1-15-27-38(10,46)31(42)24(6)40(13)19-20(2)17-36(8,45)33(52-35-29(41)26(39(11)12)16-21(3)48-35)22(4)30(23(5)34(44)50-27)51-28-18-37(9,47-14)32(43)25(7)49-28;1-12-22-30(8,38)25(35)20(6)32(11)15-16(2)14-29(7,37)26(18(4)23(33)19(5)27(36)40-22)41-28-24(34)21(31(9)10)13-17(3)39-28/h20-33,35,41-43,45-46H,15-19H2,1-14H3;16-26,28,33-35,37-38H,12-15H2,1-11H3/t20-,21-,22+,23-,24-,25+,26+,27-,28+,29-,30+,31-,32+,33-,35+,36-,37-,38-;16-,17-,18+,19-,20-,21+,22-,23+,24-,25-,26-,28+,29-,30-/m11/s1. The number of aliphatic hydroxyl groups is 10. The van der Waals surface area contributed by atoms with Crippen LogP contribution in [0, 0.1) is 35.5 Å². The molecule has 10 N–H and O–H groups in total. The second-order valence-electron chi connectivity index (χ2n) is 30.8. The SMILES string of the molecule is CC[C@H]1OC(=O)[C@H](C)[C@@H](O)[C@H](C)[C@@H](O[C@@H]2O[C@H](C)C[C@H](N(C)C)[C@H]2O)[C@](C)(O)C[C@@H](C)CN(C)[C@H](C)[C@@H](O)[C@]1(C)O.CC[C@H]1OC(=O)[C@H](C)[C@@H](O[C@H]2C[C@@](C)(OC)[C@@H](O)[C@H](C)O2)[C@H](C)[C@@H](O[C@@H]2O[C@H](C)C[C@H](N(C)C)[C@H]2O)[C@](C)(O)C[C@@H](C)CN(C)[C@H](C)[C@@H](O)[C@]1(C)O. The normalized spacial score (nSPS) is 49.1. The van der Waals surface area contributed by atoms with Crippen molar-refractivity contribution in [3.05, 3.63) is 0 Å². The maximum Gasteiger partial charge on any atom is 0.311 e. The number of likely N-dealkylation sites (N-methyl/N-ethyl adjacent to an activating group) is 4. The minimum absolute atomic E-state index is 0.0990. The summed E-state index contributed by atoms with van der Waals surface area (Å²) in [6, 6.07) is -1.54. The first-order chi connectivity index (χ1) is 42.7. The number of ether oxygens (including phenoxy) is 9. The number of aliphatic hydroxyl groups excluding tert-OH is 6. The molecule has 32 atom stereocenters. The van der Waals surface area contributed by atoms with Gasteiger partial charge in [0, 0.05) is 62.6 Å². The molecule has 0 saturated carbocycles. The lowest BCUT2D eigenvalue weighted by atomic mass is 9.77. The summed E-state index contributed by atoms with van der Waals surface area (Å²) in [6.07, 6.45) is -13.9. The first-order valence-electron chi connectivity index (χ1n) is 34.3. The van der Waals surface area contributed by atoms with E-state index in [0.717, 1.165) is 0 Å². The topological polar surface area (TPSA) is 332 Å². The smallest absolute Gasteiger partial charge is 0.311 e. The summed E-state index contributed by atoms with van der Waals surface area (Å²) in [5.74, 6) is -5.24.